The third kappa shape index (κ3) is 6.30. The van der Waals surface area contributed by atoms with Crippen LogP contribution in [-0.4, -0.2) is 26.0 Å². The lowest BCUT2D eigenvalue weighted by Crippen LogP contribution is -2.19. The average molecular weight is 547 g/mol. The summed E-state index contributed by atoms with van der Waals surface area (Å²) in [7, 11) is 3.00. The third-order valence-corrected chi connectivity index (χ3v) is 7.52. The number of nitrogens with one attached hydrogen (secondary N) is 2. The van der Waals surface area contributed by atoms with Crippen LogP contribution >= 0.6 is 23.4 Å². The second-order valence-electron chi connectivity index (χ2n) is 8.33. The Labute approximate surface area is 231 Å². The Hall–Kier alpha value is -3.94. The summed E-state index contributed by atoms with van der Waals surface area (Å²) < 4.78 is 10.7. The summed E-state index contributed by atoms with van der Waals surface area (Å²) in [5.41, 5.74) is 3.19. The Balaban J connectivity index is 1.59. The molecule has 1 unspecified atom stereocenters. The number of methoxy groups -OCH3 is 2. The molecule has 0 aromatic heterocycles. The van der Waals surface area contributed by atoms with Gasteiger partial charge in [0.25, 0.3) is 5.91 Å². The average Bonchev–Trinajstić information content (AvgIpc) is 2.94. The van der Waals surface area contributed by atoms with Crippen molar-refractivity contribution in [2.75, 3.05) is 24.9 Å². The van der Waals surface area contributed by atoms with Crippen molar-refractivity contribution >= 4 is 46.6 Å². The first-order valence-corrected chi connectivity index (χ1v) is 13.1. The number of thioether (sulfide) groups is 1. The zero-order valence-electron chi connectivity index (χ0n) is 21.2. The van der Waals surface area contributed by atoms with E-state index >= 15 is 0 Å². The Morgan fingerprint density at radius 2 is 1.47 bits per heavy atom. The van der Waals surface area contributed by atoms with Crippen LogP contribution in [0.5, 0.6) is 11.5 Å². The second kappa shape index (κ2) is 12.5. The van der Waals surface area contributed by atoms with Gasteiger partial charge in [0.05, 0.1) is 14.2 Å². The first-order valence-electron chi connectivity index (χ1n) is 11.8. The van der Waals surface area contributed by atoms with Crippen molar-refractivity contribution in [3.63, 3.8) is 0 Å². The van der Waals surface area contributed by atoms with Gasteiger partial charge in [-0.15, -0.1) is 11.8 Å². The number of hydrogen-bond donors (Lipinski definition) is 2. The summed E-state index contributed by atoms with van der Waals surface area (Å²) in [5.74, 6) is 0.268. The summed E-state index contributed by atoms with van der Waals surface area (Å²) in [5, 5.41) is 5.98. The van der Waals surface area contributed by atoms with Gasteiger partial charge in [-0.3, -0.25) is 9.59 Å². The molecule has 6 nitrogen and oxygen atoms in total. The van der Waals surface area contributed by atoms with Crippen molar-refractivity contribution in [2.45, 2.75) is 17.1 Å². The first-order chi connectivity index (χ1) is 18.4. The van der Waals surface area contributed by atoms with Crippen LogP contribution in [0.4, 0.5) is 11.4 Å². The van der Waals surface area contributed by atoms with E-state index < -0.39 is 5.25 Å². The van der Waals surface area contributed by atoms with E-state index in [0.29, 0.717) is 33.5 Å². The molecule has 8 heteroatoms. The van der Waals surface area contributed by atoms with E-state index in [1.54, 1.807) is 36.4 Å². The van der Waals surface area contributed by atoms with Crippen LogP contribution in [0.3, 0.4) is 0 Å². The third-order valence-electron chi connectivity index (χ3n) is 5.87. The van der Waals surface area contributed by atoms with Gasteiger partial charge in [0.15, 0.2) is 0 Å². The molecule has 194 valence electrons. The Bertz CT molecular complexity index is 1420. The number of benzene rings is 4. The molecule has 1 atom stereocenters. The van der Waals surface area contributed by atoms with E-state index in [2.05, 4.69) is 10.6 Å². The normalized spacial score (nSPS) is 11.4. The van der Waals surface area contributed by atoms with Gasteiger partial charge >= 0.3 is 0 Å². The molecule has 0 aliphatic heterocycles. The molecule has 0 heterocycles. The standard InChI is InChI=1S/C30H27ClN2O4S/c1-19-23(31)14-8-15-24(19)33-30(35)28(20-10-5-4-6-11-20)38-22-13-7-12-21(18-22)32-29(34)27-25(36-2)16-9-17-26(27)37-3/h4-18,28H,1-3H3,(H,32,34)(H,33,35). The predicted octanol–water partition coefficient (Wildman–Crippen LogP) is 7.39. The summed E-state index contributed by atoms with van der Waals surface area (Å²) in [6.07, 6.45) is 0. The molecule has 0 bridgehead atoms. The Kier molecular flexibility index (Phi) is 8.94. The number of halogens is 1. The smallest absolute Gasteiger partial charge is 0.263 e. The second-order valence-corrected chi connectivity index (χ2v) is 9.92. The maximum Gasteiger partial charge on any atom is 0.263 e. The van der Waals surface area contributed by atoms with Gasteiger partial charge in [0.2, 0.25) is 5.91 Å². The highest BCUT2D eigenvalue weighted by Gasteiger charge is 2.24. The van der Waals surface area contributed by atoms with Crippen molar-refractivity contribution in [3.05, 3.63) is 113 Å². The molecular formula is C30H27ClN2O4S. The van der Waals surface area contributed by atoms with E-state index in [9.17, 15) is 9.59 Å². The minimum atomic E-state index is -0.546. The SMILES string of the molecule is COc1cccc(OC)c1C(=O)Nc1cccc(SC(C(=O)Nc2cccc(Cl)c2C)c2ccccc2)c1. The highest BCUT2D eigenvalue weighted by molar-refractivity contribution is 8.00. The van der Waals surface area contributed by atoms with Gasteiger partial charge in [-0.1, -0.05) is 60.1 Å². The van der Waals surface area contributed by atoms with E-state index in [4.69, 9.17) is 21.1 Å². The Morgan fingerprint density at radius 1 is 0.816 bits per heavy atom. The number of anilines is 2. The van der Waals surface area contributed by atoms with Crippen molar-refractivity contribution in [2.24, 2.45) is 0 Å². The van der Waals surface area contributed by atoms with Crippen LogP contribution in [0.15, 0.2) is 95.9 Å². The van der Waals surface area contributed by atoms with Gasteiger partial charge in [0, 0.05) is 21.3 Å². The molecule has 4 rings (SSSR count). The largest absolute Gasteiger partial charge is 0.496 e. The van der Waals surface area contributed by atoms with Crippen LogP contribution in [0.1, 0.15) is 26.7 Å². The monoisotopic (exact) mass is 546 g/mol. The topological polar surface area (TPSA) is 76.7 Å². The summed E-state index contributed by atoms with van der Waals surface area (Å²) >= 11 is 7.64. The number of carbonyl (C=O) groups is 2. The van der Waals surface area contributed by atoms with Crippen LogP contribution in [0.25, 0.3) is 0 Å². The lowest BCUT2D eigenvalue weighted by atomic mass is 10.1. The Morgan fingerprint density at radius 3 is 2.16 bits per heavy atom. The molecule has 0 saturated carbocycles. The van der Waals surface area contributed by atoms with Crippen LogP contribution in [0.2, 0.25) is 5.02 Å². The van der Waals surface area contributed by atoms with E-state index in [0.717, 1.165) is 16.0 Å². The summed E-state index contributed by atoms with van der Waals surface area (Å²) in [6.45, 7) is 1.87. The highest BCUT2D eigenvalue weighted by atomic mass is 35.5. The van der Waals surface area contributed by atoms with Crippen LogP contribution in [0, 0.1) is 6.92 Å². The fourth-order valence-corrected chi connectivity index (χ4v) is 5.15. The molecule has 0 radical (unpaired) electrons. The molecule has 38 heavy (non-hydrogen) atoms. The maximum absolute atomic E-state index is 13.5. The lowest BCUT2D eigenvalue weighted by Gasteiger charge is -2.19. The molecule has 0 fully saturated rings. The van der Waals surface area contributed by atoms with Crippen molar-refractivity contribution in [1.82, 2.24) is 0 Å². The van der Waals surface area contributed by atoms with Gasteiger partial charge in [-0.05, 0) is 60.5 Å². The highest BCUT2D eigenvalue weighted by Crippen LogP contribution is 2.38. The van der Waals surface area contributed by atoms with Gasteiger partial charge in [-0.25, -0.2) is 0 Å². The van der Waals surface area contributed by atoms with Gasteiger partial charge < -0.3 is 20.1 Å². The molecule has 2 amide bonds. The van der Waals surface area contributed by atoms with Crippen molar-refractivity contribution in [3.8, 4) is 11.5 Å². The zero-order chi connectivity index (χ0) is 27.1. The molecule has 4 aromatic rings. The van der Waals surface area contributed by atoms with Crippen molar-refractivity contribution in [1.29, 1.82) is 0 Å². The maximum atomic E-state index is 13.5. The molecule has 2 N–H and O–H groups in total. The van der Waals surface area contributed by atoms with E-state index in [1.165, 1.54) is 26.0 Å². The lowest BCUT2D eigenvalue weighted by molar-refractivity contribution is -0.115. The first kappa shape index (κ1) is 27.1. The molecule has 0 saturated heterocycles. The van der Waals surface area contributed by atoms with E-state index in [1.807, 2.05) is 61.5 Å². The fraction of sp³-hybridized carbons (Fsp3) is 0.133. The number of ether oxygens (including phenoxy) is 2. The minimum Gasteiger partial charge on any atom is -0.496 e. The molecule has 0 aliphatic carbocycles. The van der Waals surface area contributed by atoms with Crippen LogP contribution < -0.4 is 20.1 Å². The number of rotatable bonds is 9. The fourth-order valence-electron chi connectivity index (χ4n) is 3.89. The van der Waals surface area contributed by atoms with Crippen LogP contribution in [-0.2, 0) is 4.79 Å². The minimum absolute atomic E-state index is 0.181. The summed E-state index contributed by atoms with van der Waals surface area (Å²) in [6, 6.07) is 27.5. The molecule has 4 aromatic carbocycles. The summed E-state index contributed by atoms with van der Waals surface area (Å²) in [4.78, 5) is 27.5. The number of carbonyl (C=O) groups excluding carboxylic acids is 2. The van der Waals surface area contributed by atoms with Gasteiger partial charge in [-0.2, -0.15) is 0 Å². The van der Waals surface area contributed by atoms with Crippen molar-refractivity contribution < 1.29 is 19.1 Å². The number of amides is 2. The predicted molar refractivity (Wildman–Crippen MR) is 154 cm³/mol. The quantitative estimate of drug-likeness (QED) is 0.214. The molecular weight excluding hydrogens is 520 g/mol. The molecule has 0 aliphatic rings. The van der Waals surface area contributed by atoms with Gasteiger partial charge in [0.1, 0.15) is 22.3 Å². The zero-order valence-corrected chi connectivity index (χ0v) is 22.7. The number of hydrogen-bond acceptors (Lipinski definition) is 5. The molecule has 0 spiro atoms. The van der Waals surface area contributed by atoms with E-state index in [-0.39, 0.29) is 11.8 Å².